The Morgan fingerprint density at radius 1 is 0.917 bits per heavy atom. The highest BCUT2D eigenvalue weighted by atomic mass is 16.6. The van der Waals surface area contributed by atoms with Crippen LogP contribution in [0.2, 0.25) is 0 Å². The number of allylic oxidation sites excluding steroid dienone is 1. The van der Waals surface area contributed by atoms with E-state index in [4.69, 9.17) is 9.47 Å². The Morgan fingerprint density at radius 3 is 2.33 bits per heavy atom. The maximum atomic E-state index is 6.06. The molecule has 1 aliphatic carbocycles. The molecule has 2 heteroatoms. The minimum atomic E-state index is 0.559. The van der Waals surface area contributed by atoms with Gasteiger partial charge in [0, 0.05) is 5.56 Å². The highest BCUT2D eigenvalue weighted by molar-refractivity contribution is 5.85. The first-order valence-electron chi connectivity index (χ1n) is 8.77. The zero-order valence-electron chi connectivity index (χ0n) is 14.9. The Morgan fingerprint density at radius 2 is 1.62 bits per heavy atom. The van der Waals surface area contributed by atoms with Crippen LogP contribution >= 0.6 is 0 Å². The maximum Gasteiger partial charge on any atom is 0.169 e. The maximum absolute atomic E-state index is 6.06. The highest BCUT2D eigenvalue weighted by Gasteiger charge is 2.27. The zero-order chi connectivity index (χ0) is 16.8. The SMILES string of the molecule is Cc1cc(C)cc(-c2c3c(cc4c2OCCO4)C=C(C(C)C)C3)c1. The van der Waals surface area contributed by atoms with E-state index in [-0.39, 0.29) is 0 Å². The lowest BCUT2D eigenvalue weighted by molar-refractivity contribution is 0.172. The molecule has 0 bridgehead atoms. The van der Waals surface area contributed by atoms with Crippen molar-refractivity contribution in [2.45, 2.75) is 34.1 Å². The average molecular weight is 320 g/mol. The molecule has 2 aromatic rings. The molecule has 0 aromatic heterocycles. The summed E-state index contributed by atoms with van der Waals surface area (Å²) in [5, 5.41) is 0. The molecule has 0 unspecified atom stereocenters. The van der Waals surface area contributed by atoms with Gasteiger partial charge in [0.1, 0.15) is 13.2 Å². The summed E-state index contributed by atoms with van der Waals surface area (Å²) in [6, 6.07) is 8.89. The zero-order valence-corrected chi connectivity index (χ0v) is 14.9. The van der Waals surface area contributed by atoms with E-state index in [1.54, 1.807) is 0 Å². The molecule has 0 fully saturated rings. The van der Waals surface area contributed by atoms with E-state index >= 15 is 0 Å². The molecule has 1 heterocycles. The van der Waals surface area contributed by atoms with Crippen LogP contribution in [0.1, 0.15) is 36.1 Å². The van der Waals surface area contributed by atoms with Crippen molar-refractivity contribution in [3.05, 3.63) is 52.1 Å². The number of ether oxygens (including phenoxy) is 2. The van der Waals surface area contributed by atoms with E-state index in [2.05, 4.69) is 58.0 Å². The molecule has 0 amide bonds. The van der Waals surface area contributed by atoms with Gasteiger partial charge in [-0.3, -0.25) is 0 Å². The summed E-state index contributed by atoms with van der Waals surface area (Å²) in [7, 11) is 0. The van der Waals surface area contributed by atoms with Crippen molar-refractivity contribution < 1.29 is 9.47 Å². The molecule has 0 saturated carbocycles. The van der Waals surface area contributed by atoms with E-state index in [1.807, 2.05) is 0 Å². The van der Waals surface area contributed by atoms with Gasteiger partial charge in [-0.05, 0) is 48.9 Å². The monoisotopic (exact) mass is 320 g/mol. The molecule has 2 aromatic carbocycles. The third kappa shape index (κ3) is 2.50. The van der Waals surface area contributed by atoms with Crippen molar-refractivity contribution >= 4 is 6.08 Å². The number of rotatable bonds is 2. The Balaban J connectivity index is 1.96. The van der Waals surface area contributed by atoms with Crippen LogP contribution in [0.15, 0.2) is 29.8 Å². The first kappa shape index (κ1) is 15.3. The predicted molar refractivity (Wildman–Crippen MR) is 98.9 cm³/mol. The normalized spacial score (nSPS) is 15.5. The molecule has 4 rings (SSSR count). The molecule has 2 aliphatic rings. The second-order valence-corrected chi connectivity index (χ2v) is 7.27. The molecule has 2 nitrogen and oxygen atoms in total. The van der Waals surface area contributed by atoms with Crippen LogP contribution in [0.25, 0.3) is 17.2 Å². The molecule has 0 spiro atoms. The van der Waals surface area contributed by atoms with Gasteiger partial charge in [0.15, 0.2) is 11.5 Å². The van der Waals surface area contributed by atoms with Crippen LogP contribution in [0, 0.1) is 19.8 Å². The summed E-state index contributed by atoms with van der Waals surface area (Å²) in [6.45, 7) is 10.1. The highest BCUT2D eigenvalue weighted by Crippen LogP contribution is 2.48. The van der Waals surface area contributed by atoms with Crippen molar-refractivity contribution in [1.82, 2.24) is 0 Å². The average Bonchev–Trinajstić information content (AvgIpc) is 2.95. The Kier molecular flexibility index (Phi) is 3.64. The molecular weight excluding hydrogens is 296 g/mol. The quantitative estimate of drug-likeness (QED) is 0.744. The Bertz CT molecular complexity index is 823. The van der Waals surface area contributed by atoms with Crippen molar-refractivity contribution in [3.63, 3.8) is 0 Å². The smallest absolute Gasteiger partial charge is 0.169 e. The Hall–Kier alpha value is -2.22. The minimum absolute atomic E-state index is 0.559. The van der Waals surface area contributed by atoms with Crippen LogP contribution in [-0.4, -0.2) is 13.2 Å². The van der Waals surface area contributed by atoms with Crippen molar-refractivity contribution in [3.8, 4) is 22.6 Å². The largest absolute Gasteiger partial charge is 0.486 e. The summed E-state index contributed by atoms with van der Waals surface area (Å²) in [6.07, 6.45) is 3.34. The number of hydrogen-bond acceptors (Lipinski definition) is 2. The van der Waals surface area contributed by atoms with Gasteiger partial charge in [0.05, 0.1) is 0 Å². The van der Waals surface area contributed by atoms with Gasteiger partial charge in [-0.2, -0.15) is 0 Å². The second-order valence-electron chi connectivity index (χ2n) is 7.27. The van der Waals surface area contributed by atoms with E-state index in [9.17, 15) is 0 Å². The third-order valence-electron chi connectivity index (χ3n) is 4.95. The van der Waals surface area contributed by atoms with Crippen LogP contribution in [0.5, 0.6) is 11.5 Å². The van der Waals surface area contributed by atoms with Gasteiger partial charge >= 0.3 is 0 Å². The number of benzene rings is 2. The summed E-state index contributed by atoms with van der Waals surface area (Å²) >= 11 is 0. The van der Waals surface area contributed by atoms with Crippen molar-refractivity contribution in [2.75, 3.05) is 13.2 Å². The van der Waals surface area contributed by atoms with E-state index < -0.39 is 0 Å². The van der Waals surface area contributed by atoms with Crippen molar-refractivity contribution in [1.29, 1.82) is 0 Å². The standard InChI is InChI=1S/C22H24O2/c1-13(2)16-10-17-12-20-22(24-6-5-23-20)21(19(17)11-16)18-8-14(3)7-15(4)9-18/h7-10,12-13H,5-6,11H2,1-4H3. The lowest BCUT2D eigenvalue weighted by Gasteiger charge is -2.24. The lowest BCUT2D eigenvalue weighted by atomic mass is 9.91. The summed E-state index contributed by atoms with van der Waals surface area (Å²) in [5.41, 5.74) is 9.18. The van der Waals surface area contributed by atoms with Gasteiger partial charge in [-0.25, -0.2) is 0 Å². The number of hydrogen-bond donors (Lipinski definition) is 0. The van der Waals surface area contributed by atoms with Crippen LogP contribution in [0.4, 0.5) is 0 Å². The lowest BCUT2D eigenvalue weighted by Crippen LogP contribution is -2.17. The van der Waals surface area contributed by atoms with Crippen molar-refractivity contribution in [2.24, 2.45) is 5.92 Å². The van der Waals surface area contributed by atoms with E-state index in [0.717, 1.165) is 17.9 Å². The van der Waals surface area contributed by atoms with E-state index in [1.165, 1.54) is 39.0 Å². The van der Waals surface area contributed by atoms with E-state index in [0.29, 0.717) is 19.1 Å². The van der Waals surface area contributed by atoms with Gasteiger partial charge in [-0.1, -0.05) is 54.8 Å². The number of aryl methyl sites for hydroxylation is 2. The molecule has 1 aliphatic heterocycles. The molecular formula is C22H24O2. The van der Waals surface area contributed by atoms with Crippen LogP contribution < -0.4 is 9.47 Å². The predicted octanol–water partition coefficient (Wildman–Crippen LogP) is 5.34. The Labute approximate surface area is 144 Å². The minimum Gasteiger partial charge on any atom is -0.486 e. The van der Waals surface area contributed by atoms with Crippen LogP contribution in [-0.2, 0) is 6.42 Å². The molecule has 0 N–H and O–H groups in total. The van der Waals surface area contributed by atoms with Gasteiger partial charge in [0.2, 0.25) is 0 Å². The van der Waals surface area contributed by atoms with Crippen LogP contribution in [0.3, 0.4) is 0 Å². The first-order valence-corrected chi connectivity index (χ1v) is 8.77. The fourth-order valence-electron chi connectivity index (χ4n) is 3.81. The molecule has 0 radical (unpaired) electrons. The summed E-state index contributed by atoms with van der Waals surface area (Å²) in [5.74, 6) is 2.36. The molecule has 0 saturated heterocycles. The summed E-state index contributed by atoms with van der Waals surface area (Å²) in [4.78, 5) is 0. The molecule has 124 valence electrons. The molecule has 0 atom stereocenters. The first-order chi connectivity index (χ1) is 11.5. The topological polar surface area (TPSA) is 18.5 Å². The third-order valence-corrected chi connectivity index (χ3v) is 4.95. The van der Waals surface area contributed by atoms with Gasteiger partial charge in [0.25, 0.3) is 0 Å². The fourth-order valence-corrected chi connectivity index (χ4v) is 3.81. The summed E-state index contributed by atoms with van der Waals surface area (Å²) < 4.78 is 12.0. The van der Waals surface area contributed by atoms with Gasteiger partial charge in [-0.15, -0.1) is 0 Å². The number of fused-ring (bicyclic) bond motifs is 2. The second kappa shape index (κ2) is 5.70. The fraction of sp³-hybridized carbons (Fsp3) is 0.364. The van der Waals surface area contributed by atoms with Gasteiger partial charge < -0.3 is 9.47 Å². The molecule has 24 heavy (non-hydrogen) atoms.